The van der Waals surface area contributed by atoms with Gasteiger partial charge in [-0.2, -0.15) is 0 Å². The molecule has 4 heteroatoms. The molecule has 0 amide bonds. The van der Waals surface area contributed by atoms with Gasteiger partial charge < -0.3 is 18.9 Å². The Hall–Kier alpha value is -0.160. The molecule has 0 aromatic carbocycles. The fourth-order valence-electron chi connectivity index (χ4n) is 18.2. The maximum atomic E-state index is 6.31. The van der Waals surface area contributed by atoms with Crippen molar-refractivity contribution in [2.24, 2.45) is 100 Å². The molecule has 4 nitrogen and oxygen atoms in total. The zero-order valence-corrected chi connectivity index (χ0v) is 38.2. The molecule has 14 saturated carbocycles. The smallest absolute Gasteiger partial charge is 0.0631 e. The highest BCUT2D eigenvalue weighted by Crippen LogP contribution is 2.62. The minimum atomic E-state index is 0.430. The molecule has 0 saturated heterocycles. The molecular formula is C53H90O4. The average Bonchev–Trinajstić information content (AvgIpc) is 4.01. The molecule has 0 aromatic heterocycles. The van der Waals surface area contributed by atoms with Crippen LogP contribution in [0.15, 0.2) is 0 Å². The summed E-state index contributed by atoms with van der Waals surface area (Å²) in [4.78, 5) is 0. The summed E-state index contributed by atoms with van der Waals surface area (Å²) in [6.07, 6.45) is 34.1. The van der Waals surface area contributed by atoms with E-state index in [1.165, 1.54) is 109 Å². The van der Waals surface area contributed by atoms with Gasteiger partial charge in [0.15, 0.2) is 0 Å². The second-order valence-electron chi connectivity index (χ2n) is 24.1. The molecule has 10 unspecified atom stereocenters. The van der Waals surface area contributed by atoms with Crippen LogP contribution >= 0.6 is 0 Å². The number of rotatable bonds is 10. The zero-order valence-electron chi connectivity index (χ0n) is 38.2. The van der Waals surface area contributed by atoms with Crippen LogP contribution in [0.1, 0.15) is 183 Å². The molecule has 0 aromatic rings. The number of fused-ring (bicyclic) bond motifs is 10. The van der Waals surface area contributed by atoms with Gasteiger partial charge in [0.25, 0.3) is 0 Å². The molecule has 14 fully saturated rings. The van der Waals surface area contributed by atoms with Crippen molar-refractivity contribution in [3.63, 3.8) is 0 Å². The van der Waals surface area contributed by atoms with Gasteiger partial charge in [-0.3, -0.25) is 0 Å². The molecule has 0 N–H and O–H groups in total. The van der Waals surface area contributed by atoms with E-state index in [4.69, 9.17) is 18.9 Å². The van der Waals surface area contributed by atoms with Gasteiger partial charge in [-0.15, -0.1) is 0 Å². The van der Waals surface area contributed by atoms with Crippen molar-refractivity contribution < 1.29 is 18.9 Å². The Kier molecular flexibility index (Phi) is 13.2. The third-order valence-electron chi connectivity index (χ3n) is 19.8. The second-order valence-corrected chi connectivity index (χ2v) is 24.1. The summed E-state index contributed by atoms with van der Waals surface area (Å²) in [7, 11) is 0. The Bertz CT molecular complexity index is 1230. The topological polar surface area (TPSA) is 36.9 Å². The highest BCUT2D eigenvalue weighted by atomic mass is 16.5. The molecule has 11 atom stereocenters. The molecule has 326 valence electrons. The predicted molar refractivity (Wildman–Crippen MR) is 233 cm³/mol. The van der Waals surface area contributed by atoms with Gasteiger partial charge in [0.05, 0.1) is 37.1 Å². The molecular weight excluding hydrogens is 701 g/mol. The number of ether oxygens (including phenoxy) is 4. The standard InChI is InChI=1S/C15H26O.2C13H22O.C12H20O/c1-9(2)10(3)16-15-8-11-7-14(15)13-6-4-5-12(11)13;1-8(2)14-13-7-9-6-12(13)11-5-3-4-10(9)11;1-2-14-9-13-6-10-3-11(7-13)5-12(4-10)8-13;1-2-13-12-10-4-8-3-9(6-10)7-11(12)5-8/h9-15H,4-8H2,1-3H3;8-13H,3-7H2,1-2H3;10-12H,2-9H2,1H3;8-12H,2-7H2,1H3/t10-,11?,12?,13?,14?,15?;;;/m1.../s1. The molecule has 14 rings (SSSR count). The number of hydrogen-bond acceptors (Lipinski definition) is 4. The van der Waals surface area contributed by atoms with Gasteiger partial charge in [0.1, 0.15) is 0 Å². The van der Waals surface area contributed by atoms with Gasteiger partial charge in [0, 0.05) is 13.2 Å². The van der Waals surface area contributed by atoms with E-state index in [1.807, 2.05) is 0 Å². The first-order chi connectivity index (χ1) is 27.6. The van der Waals surface area contributed by atoms with Crippen molar-refractivity contribution in [1.82, 2.24) is 0 Å². The largest absolute Gasteiger partial charge is 0.381 e. The fraction of sp³-hybridized carbons (Fsp3) is 1.00. The van der Waals surface area contributed by atoms with Crippen LogP contribution in [0.5, 0.6) is 0 Å². The van der Waals surface area contributed by atoms with Crippen molar-refractivity contribution in [2.75, 3.05) is 19.8 Å². The van der Waals surface area contributed by atoms with Crippen molar-refractivity contribution in [3.05, 3.63) is 0 Å². The lowest BCUT2D eigenvalue weighted by Crippen LogP contribution is -2.49. The van der Waals surface area contributed by atoms with Crippen LogP contribution in [0.4, 0.5) is 0 Å². The monoisotopic (exact) mass is 791 g/mol. The summed E-state index contributed by atoms with van der Waals surface area (Å²) >= 11 is 0. The summed E-state index contributed by atoms with van der Waals surface area (Å²) in [5.74, 6) is 16.2. The molecule has 14 aliphatic rings. The van der Waals surface area contributed by atoms with Crippen LogP contribution in [0.2, 0.25) is 0 Å². The van der Waals surface area contributed by atoms with Crippen molar-refractivity contribution in [3.8, 4) is 0 Å². The van der Waals surface area contributed by atoms with Gasteiger partial charge in [-0.1, -0.05) is 26.7 Å². The van der Waals surface area contributed by atoms with Crippen LogP contribution in [0.3, 0.4) is 0 Å². The maximum absolute atomic E-state index is 6.31. The van der Waals surface area contributed by atoms with Gasteiger partial charge >= 0.3 is 0 Å². The Morgan fingerprint density at radius 1 is 0.474 bits per heavy atom. The van der Waals surface area contributed by atoms with Gasteiger partial charge in [-0.25, -0.2) is 0 Å². The van der Waals surface area contributed by atoms with Crippen LogP contribution in [0.25, 0.3) is 0 Å². The maximum Gasteiger partial charge on any atom is 0.0631 e. The average molecular weight is 791 g/mol. The van der Waals surface area contributed by atoms with E-state index < -0.39 is 0 Å². The Labute approximate surface area is 351 Å². The van der Waals surface area contributed by atoms with Crippen LogP contribution in [-0.4, -0.2) is 50.3 Å². The molecule has 12 bridgehead atoms. The van der Waals surface area contributed by atoms with E-state index in [9.17, 15) is 0 Å². The Balaban J connectivity index is 0.0000000991. The SMILES string of the molecule is CC(C)OC1CC2CC1C1CCCC21.CC(C)[C@@H](C)OC1CC2CC1C1CCCC21.CCOC1C2CC3CC(C2)CC1C3.CCOCC12CC3CC(CC(C3)C1)C2. The molecule has 0 radical (unpaired) electrons. The van der Waals surface area contributed by atoms with E-state index in [0.29, 0.717) is 41.9 Å². The Morgan fingerprint density at radius 2 is 0.947 bits per heavy atom. The minimum absolute atomic E-state index is 0.430. The van der Waals surface area contributed by atoms with Gasteiger partial charge in [0.2, 0.25) is 0 Å². The highest BCUT2D eigenvalue weighted by molar-refractivity contribution is 5.06. The van der Waals surface area contributed by atoms with E-state index >= 15 is 0 Å². The second kappa shape index (κ2) is 17.9. The zero-order chi connectivity index (χ0) is 39.4. The Morgan fingerprint density at radius 3 is 1.40 bits per heavy atom. The third kappa shape index (κ3) is 8.90. The van der Waals surface area contributed by atoms with Crippen molar-refractivity contribution in [1.29, 1.82) is 0 Å². The normalized spacial score (nSPS) is 50.1. The highest BCUT2D eigenvalue weighted by Gasteiger charge is 2.56. The number of hydrogen-bond donors (Lipinski definition) is 0. The van der Waals surface area contributed by atoms with Crippen LogP contribution in [0, 0.1) is 100 Å². The van der Waals surface area contributed by atoms with E-state index in [-0.39, 0.29) is 0 Å². The van der Waals surface area contributed by atoms with E-state index in [2.05, 4.69) is 48.5 Å². The summed E-state index contributed by atoms with van der Waals surface area (Å²) in [5.41, 5.74) is 0.630. The van der Waals surface area contributed by atoms with Crippen LogP contribution < -0.4 is 0 Å². The molecule has 14 aliphatic carbocycles. The molecule has 57 heavy (non-hydrogen) atoms. The van der Waals surface area contributed by atoms with Gasteiger partial charge in [-0.05, 0) is 257 Å². The lowest BCUT2D eigenvalue weighted by Gasteiger charge is -2.56. The third-order valence-corrected chi connectivity index (χ3v) is 19.8. The predicted octanol–water partition coefficient (Wildman–Crippen LogP) is 13.2. The van der Waals surface area contributed by atoms with E-state index in [0.717, 1.165) is 109 Å². The summed E-state index contributed by atoms with van der Waals surface area (Å²) in [5, 5.41) is 0. The summed E-state index contributed by atoms with van der Waals surface area (Å²) < 4.78 is 24.0. The molecule has 0 heterocycles. The van der Waals surface area contributed by atoms with Crippen molar-refractivity contribution in [2.45, 2.75) is 214 Å². The van der Waals surface area contributed by atoms with Crippen LogP contribution in [-0.2, 0) is 18.9 Å². The molecule has 0 spiro atoms. The lowest BCUT2D eigenvalue weighted by molar-refractivity contribution is -0.123. The lowest BCUT2D eigenvalue weighted by atomic mass is 9.50. The first-order valence-electron chi connectivity index (χ1n) is 26.1. The quantitative estimate of drug-likeness (QED) is 0.221. The molecule has 0 aliphatic heterocycles. The first kappa shape index (κ1) is 42.2. The fourth-order valence-corrected chi connectivity index (χ4v) is 18.2. The summed E-state index contributed by atoms with van der Waals surface area (Å²) in [6, 6.07) is 0. The summed E-state index contributed by atoms with van der Waals surface area (Å²) in [6.45, 7) is 18.3. The van der Waals surface area contributed by atoms with Crippen molar-refractivity contribution >= 4 is 0 Å². The first-order valence-corrected chi connectivity index (χ1v) is 26.1. The minimum Gasteiger partial charge on any atom is -0.381 e. The van der Waals surface area contributed by atoms with E-state index in [1.54, 1.807) is 25.7 Å².